The van der Waals surface area contributed by atoms with Gasteiger partial charge in [0.2, 0.25) is 0 Å². The van der Waals surface area contributed by atoms with Crippen molar-refractivity contribution in [2.24, 2.45) is 0 Å². The third-order valence-corrected chi connectivity index (χ3v) is 3.11. The second-order valence-electron chi connectivity index (χ2n) is 6.18. The van der Waals surface area contributed by atoms with Crippen LogP contribution in [0.25, 0.3) is 0 Å². The van der Waals surface area contributed by atoms with Crippen molar-refractivity contribution < 1.29 is 19.4 Å². The summed E-state index contributed by atoms with van der Waals surface area (Å²) in [5.41, 5.74) is -1.18. The minimum atomic E-state index is -1.27. The second kappa shape index (κ2) is 6.16. The van der Waals surface area contributed by atoms with Gasteiger partial charge >= 0.3 is 5.97 Å². The standard InChI is InChI=1S/C16H23NO4/c1-6-16(5,14(19)20)17-13(18)11-7-9-12(10-8-11)21-15(2,3)4/h7-10H,6H2,1-5H3,(H,17,18)(H,19,20). The molecule has 0 spiro atoms. The Hall–Kier alpha value is -2.04. The number of rotatable bonds is 5. The van der Waals surface area contributed by atoms with Crippen LogP contribution in [0.5, 0.6) is 5.75 Å². The number of carbonyl (C=O) groups excluding carboxylic acids is 1. The predicted octanol–water partition coefficient (Wildman–Crippen LogP) is 2.85. The monoisotopic (exact) mass is 293 g/mol. The molecule has 0 aliphatic rings. The molecule has 0 aromatic heterocycles. The fourth-order valence-electron chi connectivity index (χ4n) is 1.64. The zero-order chi connectivity index (χ0) is 16.3. The number of nitrogens with one attached hydrogen (secondary N) is 1. The molecule has 5 nitrogen and oxygen atoms in total. The van der Waals surface area contributed by atoms with Crippen LogP contribution in [0.2, 0.25) is 0 Å². The number of hydrogen-bond acceptors (Lipinski definition) is 3. The smallest absolute Gasteiger partial charge is 0.329 e. The molecule has 0 aliphatic carbocycles. The maximum atomic E-state index is 12.1. The summed E-state index contributed by atoms with van der Waals surface area (Å²) in [6, 6.07) is 6.64. The fraction of sp³-hybridized carbons (Fsp3) is 0.500. The van der Waals surface area contributed by atoms with Gasteiger partial charge in [-0.1, -0.05) is 6.92 Å². The summed E-state index contributed by atoms with van der Waals surface area (Å²) in [5.74, 6) is -0.800. The highest BCUT2D eigenvalue weighted by Gasteiger charge is 2.33. The quantitative estimate of drug-likeness (QED) is 0.875. The van der Waals surface area contributed by atoms with Crippen LogP contribution < -0.4 is 10.1 Å². The summed E-state index contributed by atoms with van der Waals surface area (Å²) in [7, 11) is 0. The van der Waals surface area contributed by atoms with Crippen molar-refractivity contribution in [3.05, 3.63) is 29.8 Å². The van der Waals surface area contributed by atoms with Gasteiger partial charge in [-0.05, 0) is 58.4 Å². The predicted molar refractivity (Wildman–Crippen MR) is 80.6 cm³/mol. The molecule has 0 saturated heterocycles. The summed E-state index contributed by atoms with van der Waals surface area (Å²) in [6.45, 7) is 9.02. The zero-order valence-corrected chi connectivity index (χ0v) is 13.2. The highest BCUT2D eigenvalue weighted by atomic mass is 16.5. The Labute approximate surface area is 125 Å². The molecule has 1 unspecified atom stereocenters. The van der Waals surface area contributed by atoms with Crippen molar-refractivity contribution >= 4 is 11.9 Å². The van der Waals surface area contributed by atoms with Crippen molar-refractivity contribution in [3.63, 3.8) is 0 Å². The molecule has 2 N–H and O–H groups in total. The van der Waals surface area contributed by atoms with Crippen LogP contribution >= 0.6 is 0 Å². The lowest BCUT2D eigenvalue weighted by molar-refractivity contribution is -0.143. The number of amides is 1. The minimum Gasteiger partial charge on any atom is -0.488 e. The Morgan fingerprint density at radius 3 is 2.05 bits per heavy atom. The first-order valence-electron chi connectivity index (χ1n) is 6.92. The van der Waals surface area contributed by atoms with Gasteiger partial charge in [-0.3, -0.25) is 4.79 Å². The third kappa shape index (κ3) is 4.77. The van der Waals surface area contributed by atoms with Crippen LogP contribution in [-0.2, 0) is 4.79 Å². The molecule has 0 saturated carbocycles. The van der Waals surface area contributed by atoms with E-state index in [9.17, 15) is 9.59 Å². The average Bonchev–Trinajstić information content (AvgIpc) is 2.37. The molecule has 1 aromatic carbocycles. The first kappa shape index (κ1) is 17.0. The van der Waals surface area contributed by atoms with Gasteiger partial charge in [-0.15, -0.1) is 0 Å². The molecule has 1 rings (SSSR count). The first-order chi connectivity index (χ1) is 9.57. The van der Waals surface area contributed by atoms with Crippen molar-refractivity contribution in [1.29, 1.82) is 0 Å². The minimum absolute atomic E-state index is 0.305. The molecule has 116 valence electrons. The van der Waals surface area contributed by atoms with E-state index in [1.807, 2.05) is 20.8 Å². The summed E-state index contributed by atoms with van der Waals surface area (Å²) >= 11 is 0. The number of hydrogen-bond donors (Lipinski definition) is 2. The second-order valence-corrected chi connectivity index (χ2v) is 6.18. The van der Waals surface area contributed by atoms with Gasteiger partial charge < -0.3 is 15.2 Å². The van der Waals surface area contributed by atoms with Gasteiger partial charge in [-0.25, -0.2) is 4.79 Å². The number of aliphatic carboxylic acids is 1. The largest absolute Gasteiger partial charge is 0.488 e. The molecule has 0 aliphatic heterocycles. The van der Waals surface area contributed by atoms with E-state index < -0.39 is 17.4 Å². The molecule has 0 fully saturated rings. The molecule has 1 atom stereocenters. The van der Waals surface area contributed by atoms with Crippen LogP contribution in [0.3, 0.4) is 0 Å². The SMILES string of the molecule is CCC(C)(NC(=O)c1ccc(OC(C)(C)C)cc1)C(=O)O. The van der Waals surface area contributed by atoms with E-state index >= 15 is 0 Å². The molecule has 0 radical (unpaired) electrons. The van der Waals surface area contributed by atoms with Gasteiger partial charge in [0.05, 0.1) is 0 Å². The van der Waals surface area contributed by atoms with Crippen molar-refractivity contribution in [2.75, 3.05) is 0 Å². The number of ether oxygens (including phenoxy) is 1. The zero-order valence-electron chi connectivity index (χ0n) is 13.2. The Morgan fingerprint density at radius 1 is 1.14 bits per heavy atom. The van der Waals surface area contributed by atoms with Crippen LogP contribution in [0.15, 0.2) is 24.3 Å². The summed E-state index contributed by atoms with van der Waals surface area (Å²) in [4.78, 5) is 23.3. The van der Waals surface area contributed by atoms with Crippen LogP contribution in [0.1, 0.15) is 51.4 Å². The number of carbonyl (C=O) groups is 2. The molecule has 0 bridgehead atoms. The molecular formula is C16H23NO4. The highest BCUT2D eigenvalue weighted by Crippen LogP contribution is 2.19. The van der Waals surface area contributed by atoms with Gasteiger partial charge in [0.25, 0.3) is 5.91 Å². The van der Waals surface area contributed by atoms with E-state index in [0.717, 1.165) is 0 Å². The lowest BCUT2D eigenvalue weighted by Gasteiger charge is -2.25. The van der Waals surface area contributed by atoms with E-state index in [4.69, 9.17) is 9.84 Å². The van der Waals surface area contributed by atoms with Crippen molar-refractivity contribution in [1.82, 2.24) is 5.32 Å². The van der Waals surface area contributed by atoms with E-state index in [-0.39, 0.29) is 5.60 Å². The number of benzene rings is 1. The summed E-state index contributed by atoms with van der Waals surface area (Å²) in [6.07, 6.45) is 0.305. The van der Waals surface area contributed by atoms with Gasteiger partial charge in [-0.2, -0.15) is 0 Å². The molecular weight excluding hydrogens is 270 g/mol. The normalized spacial score (nSPS) is 14.1. The van der Waals surface area contributed by atoms with Gasteiger partial charge in [0.1, 0.15) is 16.9 Å². The molecule has 21 heavy (non-hydrogen) atoms. The van der Waals surface area contributed by atoms with Crippen molar-refractivity contribution in [2.45, 2.75) is 52.2 Å². The van der Waals surface area contributed by atoms with Crippen LogP contribution in [0.4, 0.5) is 0 Å². The van der Waals surface area contributed by atoms with E-state index in [2.05, 4.69) is 5.32 Å². The Morgan fingerprint density at radius 2 is 1.67 bits per heavy atom. The van der Waals surface area contributed by atoms with Gasteiger partial charge in [0.15, 0.2) is 0 Å². The molecule has 5 heteroatoms. The maximum Gasteiger partial charge on any atom is 0.329 e. The molecule has 1 amide bonds. The average molecular weight is 293 g/mol. The topological polar surface area (TPSA) is 75.6 Å². The number of carboxylic acids is 1. The fourth-order valence-corrected chi connectivity index (χ4v) is 1.64. The van der Waals surface area contributed by atoms with E-state index in [1.54, 1.807) is 31.2 Å². The highest BCUT2D eigenvalue weighted by molar-refractivity contribution is 5.97. The lowest BCUT2D eigenvalue weighted by Crippen LogP contribution is -2.51. The Kier molecular flexibility index (Phi) is 4.99. The first-order valence-corrected chi connectivity index (χ1v) is 6.92. The van der Waals surface area contributed by atoms with E-state index in [0.29, 0.717) is 17.7 Å². The third-order valence-electron chi connectivity index (χ3n) is 3.11. The molecule has 1 aromatic rings. The summed E-state index contributed by atoms with van der Waals surface area (Å²) in [5, 5.41) is 11.7. The lowest BCUT2D eigenvalue weighted by atomic mass is 9.98. The van der Waals surface area contributed by atoms with Crippen LogP contribution in [-0.4, -0.2) is 28.1 Å². The maximum absolute atomic E-state index is 12.1. The van der Waals surface area contributed by atoms with Crippen molar-refractivity contribution in [3.8, 4) is 5.75 Å². The number of carboxylic acid groups (broad SMARTS) is 1. The Balaban J connectivity index is 2.83. The summed E-state index contributed by atoms with van der Waals surface area (Å²) < 4.78 is 5.67. The van der Waals surface area contributed by atoms with E-state index in [1.165, 1.54) is 6.92 Å². The van der Waals surface area contributed by atoms with Crippen LogP contribution in [0, 0.1) is 0 Å². The Bertz CT molecular complexity index is 516. The van der Waals surface area contributed by atoms with Gasteiger partial charge in [0, 0.05) is 5.56 Å². The molecule has 0 heterocycles.